The molecule has 0 unspecified atom stereocenters. The van der Waals surface area contributed by atoms with Gasteiger partial charge in [0.1, 0.15) is 0 Å². The van der Waals surface area contributed by atoms with Gasteiger partial charge in [0.2, 0.25) is 0 Å². The van der Waals surface area contributed by atoms with Gasteiger partial charge in [-0.05, 0) is 44.9 Å². The van der Waals surface area contributed by atoms with Gasteiger partial charge in [0.25, 0.3) is 0 Å². The van der Waals surface area contributed by atoms with Crippen molar-refractivity contribution in [3.05, 3.63) is 40.5 Å². The van der Waals surface area contributed by atoms with E-state index in [-0.39, 0.29) is 0 Å². The van der Waals surface area contributed by atoms with Crippen LogP contribution in [0, 0.1) is 13.8 Å². The molecule has 0 aliphatic heterocycles. The van der Waals surface area contributed by atoms with Crippen LogP contribution in [0.5, 0.6) is 0 Å². The van der Waals surface area contributed by atoms with Gasteiger partial charge >= 0.3 is 0 Å². The molecule has 0 atom stereocenters. The van der Waals surface area contributed by atoms with E-state index >= 15 is 0 Å². The lowest BCUT2D eigenvalue weighted by molar-refractivity contribution is 0.715. The summed E-state index contributed by atoms with van der Waals surface area (Å²) in [6, 6.07) is 6.61. The van der Waals surface area contributed by atoms with Crippen LogP contribution in [-0.2, 0) is 0 Å². The van der Waals surface area contributed by atoms with Gasteiger partial charge < -0.3 is 5.32 Å². The summed E-state index contributed by atoms with van der Waals surface area (Å²) < 4.78 is 0. The summed E-state index contributed by atoms with van der Waals surface area (Å²) in [5, 5.41) is 3.42. The molecule has 0 radical (unpaired) electrons. The lowest BCUT2D eigenvalue weighted by Gasteiger charge is -2.06. The normalized spacial score (nSPS) is 11.9. The fraction of sp³-hybridized carbons (Fsp3) is 0.467. The number of hydrogen-bond donors (Lipinski definition) is 1. The highest BCUT2D eigenvalue weighted by atomic mass is 14.8. The minimum absolute atomic E-state index is 0.987. The van der Waals surface area contributed by atoms with Crippen LogP contribution in [0.4, 0.5) is 0 Å². The molecule has 1 nitrogen and oxygen atoms in total. The van der Waals surface area contributed by atoms with Crippen LogP contribution < -0.4 is 5.32 Å². The molecule has 0 spiro atoms. The lowest BCUT2D eigenvalue weighted by Crippen LogP contribution is -2.16. The van der Waals surface area contributed by atoms with Gasteiger partial charge in [0, 0.05) is 6.54 Å². The summed E-state index contributed by atoms with van der Waals surface area (Å²) >= 11 is 0. The molecule has 1 aromatic rings. The third kappa shape index (κ3) is 4.19. The summed E-state index contributed by atoms with van der Waals surface area (Å²) in [4.78, 5) is 0. The Morgan fingerprint density at radius 1 is 1.31 bits per heavy atom. The van der Waals surface area contributed by atoms with Gasteiger partial charge in [-0.2, -0.15) is 0 Å². The van der Waals surface area contributed by atoms with Crippen LogP contribution in [0.3, 0.4) is 0 Å². The van der Waals surface area contributed by atoms with Crippen molar-refractivity contribution in [2.75, 3.05) is 13.1 Å². The Balaban J connectivity index is 2.66. The molecule has 0 amide bonds. The standard InChI is InChI=1S/C15H23N/c1-5-8-16-11-13(3)10-15-7-6-12(2)9-14(15)4/h6-7,9-10,16H,5,8,11H2,1-4H3. The van der Waals surface area contributed by atoms with Gasteiger partial charge in [-0.3, -0.25) is 0 Å². The van der Waals surface area contributed by atoms with Crippen LogP contribution in [0.15, 0.2) is 23.8 Å². The van der Waals surface area contributed by atoms with E-state index in [2.05, 4.69) is 57.3 Å². The molecule has 0 fully saturated rings. The third-order valence-electron chi connectivity index (χ3n) is 2.66. The first-order valence-corrected chi connectivity index (χ1v) is 6.08. The van der Waals surface area contributed by atoms with Crippen molar-refractivity contribution in [3.8, 4) is 0 Å². The smallest absolute Gasteiger partial charge is 0.0165 e. The monoisotopic (exact) mass is 217 g/mol. The number of aryl methyl sites for hydroxylation is 2. The van der Waals surface area contributed by atoms with E-state index in [1.807, 2.05) is 0 Å². The maximum absolute atomic E-state index is 3.42. The fourth-order valence-electron chi connectivity index (χ4n) is 1.77. The lowest BCUT2D eigenvalue weighted by atomic mass is 10.0. The second-order valence-electron chi connectivity index (χ2n) is 4.53. The second-order valence-corrected chi connectivity index (χ2v) is 4.53. The minimum atomic E-state index is 0.987. The van der Waals surface area contributed by atoms with E-state index < -0.39 is 0 Å². The number of rotatable bonds is 5. The van der Waals surface area contributed by atoms with Crippen LogP contribution in [-0.4, -0.2) is 13.1 Å². The molecule has 1 aromatic carbocycles. The molecular formula is C15H23N. The van der Waals surface area contributed by atoms with Crippen molar-refractivity contribution < 1.29 is 0 Å². The highest BCUT2D eigenvalue weighted by molar-refractivity contribution is 5.57. The fourth-order valence-corrected chi connectivity index (χ4v) is 1.77. The van der Waals surface area contributed by atoms with Gasteiger partial charge in [-0.25, -0.2) is 0 Å². The van der Waals surface area contributed by atoms with Crippen molar-refractivity contribution in [3.63, 3.8) is 0 Å². The van der Waals surface area contributed by atoms with E-state index in [1.165, 1.54) is 28.7 Å². The maximum atomic E-state index is 3.42. The summed E-state index contributed by atoms with van der Waals surface area (Å²) in [5.41, 5.74) is 5.41. The minimum Gasteiger partial charge on any atom is -0.313 e. The van der Waals surface area contributed by atoms with Crippen molar-refractivity contribution in [2.45, 2.75) is 34.1 Å². The van der Waals surface area contributed by atoms with E-state index in [4.69, 9.17) is 0 Å². The van der Waals surface area contributed by atoms with Gasteiger partial charge in [-0.1, -0.05) is 42.3 Å². The first-order chi connectivity index (χ1) is 7.63. The molecule has 0 heterocycles. The summed E-state index contributed by atoms with van der Waals surface area (Å²) in [7, 11) is 0. The molecule has 0 saturated carbocycles. The third-order valence-corrected chi connectivity index (χ3v) is 2.66. The average molecular weight is 217 g/mol. The quantitative estimate of drug-likeness (QED) is 0.741. The summed E-state index contributed by atoms with van der Waals surface area (Å²) in [6.07, 6.45) is 3.47. The molecule has 1 rings (SSSR count). The number of hydrogen-bond acceptors (Lipinski definition) is 1. The molecule has 0 aliphatic rings. The van der Waals surface area contributed by atoms with E-state index in [0.717, 1.165) is 13.1 Å². The average Bonchev–Trinajstić information content (AvgIpc) is 2.23. The Labute approximate surface area is 99.6 Å². The zero-order valence-corrected chi connectivity index (χ0v) is 10.9. The Bertz CT molecular complexity index is 364. The Kier molecular flexibility index (Phi) is 5.27. The first kappa shape index (κ1) is 13.0. The maximum Gasteiger partial charge on any atom is 0.0165 e. The first-order valence-electron chi connectivity index (χ1n) is 6.08. The van der Waals surface area contributed by atoms with Crippen LogP contribution in [0.1, 0.15) is 37.0 Å². The molecule has 1 N–H and O–H groups in total. The SMILES string of the molecule is CCCNCC(C)=Cc1ccc(C)cc1C. The van der Waals surface area contributed by atoms with Crippen molar-refractivity contribution in [1.82, 2.24) is 5.32 Å². The predicted octanol–water partition coefficient (Wildman–Crippen LogP) is 3.71. The number of benzene rings is 1. The summed E-state index contributed by atoms with van der Waals surface area (Å²) in [6.45, 7) is 10.8. The molecule has 88 valence electrons. The van der Waals surface area contributed by atoms with Crippen LogP contribution in [0.25, 0.3) is 6.08 Å². The van der Waals surface area contributed by atoms with Crippen LogP contribution >= 0.6 is 0 Å². The molecule has 0 saturated heterocycles. The zero-order chi connectivity index (χ0) is 12.0. The molecule has 0 aromatic heterocycles. The molecule has 0 aliphatic carbocycles. The molecule has 16 heavy (non-hydrogen) atoms. The zero-order valence-electron chi connectivity index (χ0n) is 10.9. The molecule has 1 heteroatoms. The van der Waals surface area contributed by atoms with Crippen molar-refractivity contribution in [2.24, 2.45) is 0 Å². The van der Waals surface area contributed by atoms with E-state index in [0.29, 0.717) is 0 Å². The molecular weight excluding hydrogens is 194 g/mol. The Morgan fingerprint density at radius 3 is 2.69 bits per heavy atom. The van der Waals surface area contributed by atoms with Crippen molar-refractivity contribution in [1.29, 1.82) is 0 Å². The number of nitrogens with one attached hydrogen (secondary N) is 1. The van der Waals surface area contributed by atoms with Gasteiger partial charge in [0.15, 0.2) is 0 Å². The Hall–Kier alpha value is -1.08. The van der Waals surface area contributed by atoms with Crippen LogP contribution in [0.2, 0.25) is 0 Å². The van der Waals surface area contributed by atoms with E-state index in [1.54, 1.807) is 0 Å². The Morgan fingerprint density at radius 2 is 2.06 bits per heavy atom. The molecule has 0 bridgehead atoms. The van der Waals surface area contributed by atoms with Crippen molar-refractivity contribution >= 4 is 6.08 Å². The highest BCUT2D eigenvalue weighted by Gasteiger charge is 1.96. The van der Waals surface area contributed by atoms with Gasteiger partial charge in [0.05, 0.1) is 0 Å². The topological polar surface area (TPSA) is 12.0 Å². The summed E-state index contributed by atoms with van der Waals surface area (Å²) in [5.74, 6) is 0. The predicted molar refractivity (Wildman–Crippen MR) is 72.7 cm³/mol. The highest BCUT2D eigenvalue weighted by Crippen LogP contribution is 2.13. The van der Waals surface area contributed by atoms with E-state index in [9.17, 15) is 0 Å². The van der Waals surface area contributed by atoms with Gasteiger partial charge in [-0.15, -0.1) is 0 Å². The second kappa shape index (κ2) is 6.49. The largest absolute Gasteiger partial charge is 0.313 e.